The maximum absolute atomic E-state index is 12.0. The van der Waals surface area contributed by atoms with Gasteiger partial charge in [-0.3, -0.25) is 4.79 Å². The number of nitrogens with two attached hydrogens (primary N) is 1. The molecule has 16 heavy (non-hydrogen) atoms. The Morgan fingerprint density at radius 2 is 2.31 bits per heavy atom. The summed E-state index contributed by atoms with van der Waals surface area (Å²) >= 11 is 3.11. The fraction of sp³-hybridized carbons (Fsp3) is 0.545. The molecule has 1 aliphatic carbocycles. The summed E-state index contributed by atoms with van der Waals surface area (Å²) in [6.45, 7) is 2.90. The zero-order valence-corrected chi connectivity index (χ0v) is 11.1. The molecule has 2 rings (SSSR count). The van der Waals surface area contributed by atoms with Crippen LogP contribution in [-0.4, -0.2) is 18.6 Å². The van der Waals surface area contributed by atoms with Crippen molar-refractivity contribution in [3.8, 4) is 0 Å². The van der Waals surface area contributed by atoms with Gasteiger partial charge in [-0.05, 0) is 26.0 Å². The van der Waals surface area contributed by atoms with Crippen molar-refractivity contribution in [2.24, 2.45) is 5.92 Å². The molecular formula is C11H16N2OS2. The van der Waals surface area contributed by atoms with Crippen LogP contribution in [0, 0.1) is 5.92 Å². The van der Waals surface area contributed by atoms with Crippen LogP contribution in [0.1, 0.15) is 29.4 Å². The number of nitrogen functional groups attached to an aromatic ring is 1. The first kappa shape index (κ1) is 11.8. The zero-order chi connectivity index (χ0) is 11.7. The molecular weight excluding hydrogens is 240 g/mol. The lowest BCUT2D eigenvalue weighted by Gasteiger charge is -2.01. The fourth-order valence-corrected chi connectivity index (χ4v) is 3.74. The van der Waals surface area contributed by atoms with Crippen molar-refractivity contribution in [3.05, 3.63) is 4.88 Å². The Labute approximate surface area is 104 Å². The van der Waals surface area contributed by atoms with Crippen molar-refractivity contribution in [2.75, 3.05) is 23.9 Å². The van der Waals surface area contributed by atoms with Crippen LogP contribution in [0.3, 0.4) is 0 Å². The van der Waals surface area contributed by atoms with E-state index in [2.05, 4.69) is 5.32 Å². The van der Waals surface area contributed by atoms with Gasteiger partial charge in [0, 0.05) is 12.5 Å². The van der Waals surface area contributed by atoms with Gasteiger partial charge < -0.3 is 11.1 Å². The molecule has 3 N–H and O–H groups in total. The minimum Gasteiger partial charge on any atom is -0.396 e. The van der Waals surface area contributed by atoms with E-state index in [0.29, 0.717) is 5.69 Å². The molecule has 0 unspecified atom stereocenters. The second kappa shape index (κ2) is 4.67. The number of hydrogen-bond donors (Lipinski definition) is 2. The Balaban J connectivity index is 2.34. The van der Waals surface area contributed by atoms with Crippen LogP contribution in [0.2, 0.25) is 0 Å². The molecule has 1 heterocycles. The first-order valence-corrected chi connectivity index (χ1v) is 7.47. The predicted molar refractivity (Wildman–Crippen MR) is 71.7 cm³/mol. The highest BCUT2D eigenvalue weighted by atomic mass is 32.2. The van der Waals surface area contributed by atoms with Crippen LogP contribution < -0.4 is 11.1 Å². The molecule has 0 aliphatic heterocycles. The molecule has 1 fully saturated rings. The Hall–Kier alpha value is -0.680. The Bertz CT molecular complexity index is 410. The summed E-state index contributed by atoms with van der Waals surface area (Å²) in [6, 6.07) is 0. The second-order valence-corrected chi connectivity index (χ2v) is 5.71. The lowest BCUT2D eigenvalue weighted by molar-refractivity contribution is 0.0972. The van der Waals surface area contributed by atoms with Crippen LogP contribution in [-0.2, 0) is 0 Å². The zero-order valence-electron chi connectivity index (χ0n) is 9.50. The lowest BCUT2D eigenvalue weighted by atomic mass is 10.2. The van der Waals surface area contributed by atoms with Gasteiger partial charge in [0.1, 0.15) is 5.00 Å². The molecule has 0 amide bonds. The van der Waals surface area contributed by atoms with Crippen molar-refractivity contribution in [1.29, 1.82) is 0 Å². The monoisotopic (exact) mass is 256 g/mol. The van der Waals surface area contributed by atoms with E-state index in [9.17, 15) is 4.79 Å². The summed E-state index contributed by atoms with van der Waals surface area (Å²) in [4.78, 5) is 13.8. The third-order valence-corrected chi connectivity index (χ3v) is 4.75. The molecule has 0 aromatic carbocycles. The van der Waals surface area contributed by atoms with E-state index >= 15 is 0 Å². The second-order valence-electron chi connectivity index (χ2n) is 3.88. The lowest BCUT2D eigenvalue weighted by Crippen LogP contribution is -2.02. The Morgan fingerprint density at radius 3 is 2.81 bits per heavy atom. The number of ketones is 1. The Kier molecular flexibility index (Phi) is 3.44. The fourth-order valence-electron chi connectivity index (χ4n) is 1.62. The van der Waals surface area contributed by atoms with E-state index in [0.717, 1.165) is 34.2 Å². The third-order valence-electron chi connectivity index (χ3n) is 2.61. The van der Waals surface area contributed by atoms with Gasteiger partial charge in [-0.2, -0.15) is 0 Å². The largest absolute Gasteiger partial charge is 0.396 e. The SMILES string of the molecule is CCNc1sc(C(=O)C2CC2)c(N)c1SC. The number of carbonyl (C=O) groups excluding carboxylic acids is 1. The molecule has 88 valence electrons. The van der Waals surface area contributed by atoms with Gasteiger partial charge >= 0.3 is 0 Å². The number of thioether (sulfide) groups is 1. The molecule has 1 aliphatic rings. The van der Waals surface area contributed by atoms with Crippen molar-refractivity contribution >= 4 is 39.6 Å². The van der Waals surface area contributed by atoms with Crippen LogP contribution in [0.15, 0.2) is 4.90 Å². The molecule has 0 bridgehead atoms. The topological polar surface area (TPSA) is 55.1 Å². The minimum absolute atomic E-state index is 0.238. The standard InChI is InChI=1S/C11H16N2OS2/c1-3-13-11-10(15-2)7(12)9(16-11)8(14)6-4-5-6/h6,13H,3-5,12H2,1-2H3. The van der Waals surface area contributed by atoms with Crippen molar-refractivity contribution in [2.45, 2.75) is 24.7 Å². The molecule has 1 saturated carbocycles. The van der Waals surface area contributed by atoms with E-state index < -0.39 is 0 Å². The number of rotatable bonds is 5. The van der Waals surface area contributed by atoms with Gasteiger partial charge in [0.2, 0.25) is 0 Å². The molecule has 0 saturated heterocycles. The number of hydrogen-bond acceptors (Lipinski definition) is 5. The summed E-state index contributed by atoms with van der Waals surface area (Å²) in [5.41, 5.74) is 6.71. The summed E-state index contributed by atoms with van der Waals surface area (Å²) in [5.74, 6) is 0.479. The number of Topliss-reactive ketones (excluding diaryl/α,β-unsaturated/α-hetero) is 1. The minimum atomic E-state index is 0.238. The van der Waals surface area contributed by atoms with Gasteiger partial charge in [0.05, 0.1) is 15.5 Å². The summed E-state index contributed by atoms with van der Waals surface area (Å²) in [7, 11) is 0. The number of nitrogens with one attached hydrogen (secondary N) is 1. The van der Waals surface area contributed by atoms with Crippen LogP contribution in [0.5, 0.6) is 0 Å². The molecule has 1 aromatic heterocycles. The molecule has 1 aromatic rings. The average Bonchev–Trinajstić information content (AvgIpc) is 3.05. The summed E-state index contributed by atoms with van der Waals surface area (Å²) < 4.78 is 0. The molecule has 3 nitrogen and oxygen atoms in total. The first-order chi connectivity index (χ1) is 7.69. The van der Waals surface area contributed by atoms with Gasteiger partial charge in [0.25, 0.3) is 0 Å². The van der Waals surface area contributed by atoms with Gasteiger partial charge in [-0.15, -0.1) is 23.1 Å². The van der Waals surface area contributed by atoms with Gasteiger partial charge in [-0.1, -0.05) is 0 Å². The highest BCUT2D eigenvalue weighted by Crippen LogP contribution is 2.45. The van der Waals surface area contributed by atoms with Gasteiger partial charge in [0.15, 0.2) is 5.78 Å². The third kappa shape index (κ3) is 2.06. The molecule has 0 spiro atoms. The summed E-state index contributed by atoms with van der Waals surface area (Å²) in [5, 5.41) is 4.31. The van der Waals surface area contributed by atoms with E-state index in [1.54, 1.807) is 11.8 Å². The molecule has 0 atom stereocenters. The quantitative estimate of drug-likeness (QED) is 0.628. The Morgan fingerprint density at radius 1 is 1.62 bits per heavy atom. The average molecular weight is 256 g/mol. The van der Waals surface area contributed by atoms with E-state index in [1.165, 1.54) is 11.3 Å². The predicted octanol–water partition coefficient (Wildman–Crippen LogP) is 3.08. The maximum atomic E-state index is 12.0. The smallest absolute Gasteiger partial charge is 0.178 e. The van der Waals surface area contributed by atoms with Crippen LogP contribution in [0.25, 0.3) is 0 Å². The normalized spacial score (nSPS) is 15.1. The number of carbonyl (C=O) groups is 1. The van der Waals surface area contributed by atoms with E-state index in [4.69, 9.17) is 5.73 Å². The van der Waals surface area contributed by atoms with Crippen molar-refractivity contribution < 1.29 is 4.79 Å². The number of thiophene rings is 1. The van der Waals surface area contributed by atoms with Crippen molar-refractivity contribution in [3.63, 3.8) is 0 Å². The highest BCUT2D eigenvalue weighted by molar-refractivity contribution is 7.99. The van der Waals surface area contributed by atoms with E-state index in [-0.39, 0.29) is 11.7 Å². The maximum Gasteiger partial charge on any atom is 0.178 e. The van der Waals surface area contributed by atoms with Crippen LogP contribution >= 0.6 is 23.1 Å². The highest BCUT2D eigenvalue weighted by Gasteiger charge is 2.33. The molecule has 5 heteroatoms. The first-order valence-electron chi connectivity index (χ1n) is 5.43. The van der Waals surface area contributed by atoms with E-state index in [1.807, 2.05) is 13.2 Å². The van der Waals surface area contributed by atoms with Gasteiger partial charge in [-0.25, -0.2) is 0 Å². The molecule has 0 radical (unpaired) electrons. The number of anilines is 2. The summed E-state index contributed by atoms with van der Waals surface area (Å²) in [6.07, 6.45) is 4.05. The van der Waals surface area contributed by atoms with Crippen molar-refractivity contribution in [1.82, 2.24) is 0 Å². The van der Waals surface area contributed by atoms with Crippen LogP contribution in [0.4, 0.5) is 10.7 Å².